The summed E-state index contributed by atoms with van der Waals surface area (Å²) in [5, 5.41) is 4.00. The average Bonchev–Trinajstić information content (AvgIpc) is 2.65. The highest BCUT2D eigenvalue weighted by molar-refractivity contribution is 6.31. The Morgan fingerprint density at radius 3 is 2.72 bits per heavy atom. The molecule has 0 spiro atoms. The lowest BCUT2D eigenvalue weighted by molar-refractivity contribution is -0.124. The van der Waals surface area contributed by atoms with Gasteiger partial charge in [0.05, 0.1) is 6.54 Å². The number of alkyl halides is 3. The van der Waals surface area contributed by atoms with E-state index in [1.165, 1.54) is 0 Å². The van der Waals surface area contributed by atoms with Gasteiger partial charge >= 0.3 is 6.18 Å². The number of rotatable bonds is 4. The predicted molar refractivity (Wildman–Crippen MR) is 65.9 cm³/mol. The van der Waals surface area contributed by atoms with Gasteiger partial charge in [-0.1, -0.05) is 11.6 Å². The van der Waals surface area contributed by atoms with E-state index in [1.807, 2.05) is 29.0 Å². The second-order valence-electron chi connectivity index (χ2n) is 4.00. The normalized spacial score (nSPS) is 12.2. The molecule has 18 heavy (non-hydrogen) atoms. The highest BCUT2D eigenvalue weighted by Gasteiger charge is 2.25. The lowest BCUT2D eigenvalue weighted by atomic mass is 10.2. The first-order chi connectivity index (χ1) is 8.46. The standard InChI is InChI=1S/C12H12ClF3N2/c13-10-1-2-11-9(7-10)3-5-18(11)6-4-17-8-12(14,15)16/h1-3,5,7,17H,4,6,8H2. The van der Waals surface area contributed by atoms with Gasteiger partial charge < -0.3 is 9.88 Å². The Morgan fingerprint density at radius 2 is 2.00 bits per heavy atom. The quantitative estimate of drug-likeness (QED) is 0.847. The van der Waals surface area contributed by atoms with E-state index in [4.69, 9.17) is 11.6 Å². The van der Waals surface area contributed by atoms with Crippen molar-refractivity contribution >= 4 is 22.5 Å². The number of hydrogen-bond acceptors (Lipinski definition) is 1. The molecular formula is C12H12ClF3N2. The maximum absolute atomic E-state index is 11.9. The summed E-state index contributed by atoms with van der Waals surface area (Å²) in [5.41, 5.74) is 0.966. The molecule has 6 heteroatoms. The number of nitrogens with zero attached hydrogens (tertiary/aromatic N) is 1. The highest BCUT2D eigenvalue weighted by atomic mass is 35.5. The Kier molecular flexibility index (Phi) is 3.82. The molecule has 0 radical (unpaired) electrons. The molecule has 0 fully saturated rings. The molecule has 1 aromatic carbocycles. The monoisotopic (exact) mass is 276 g/mol. The summed E-state index contributed by atoms with van der Waals surface area (Å²) in [7, 11) is 0. The van der Waals surface area contributed by atoms with E-state index >= 15 is 0 Å². The van der Waals surface area contributed by atoms with Crippen LogP contribution in [0.3, 0.4) is 0 Å². The van der Waals surface area contributed by atoms with Crippen LogP contribution in [0.15, 0.2) is 30.5 Å². The fourth-order valence-corrected chi connectivity index (χ4v) is 1.98. The van der Waals surface area contributed by atoms with Gasteiger partial charge in [0.2, 0.25) is 0 Å². The molecule has 0 bridgehead atoms. The zero-order valence-electron chi connectivity index (χ0n) is 9.47. The van der Waals surface area contributed by atoms with Crippen molar-refractivity contribution in [2.24, 2.45) is 0 Å². The SMILES string of the molecule is FC(F)(F)CNCCn1ccc2cc(Cl)ccc21. The minimum absolute atomic E-state index is 0.270. The van der Waals surface area contributed by atoms with Crippen molar-refractivity contribution in [3.05, 3.63) is 35.5 Å². The van der Waals surface area contributed by atoms with Crippen LogP contribution in [0.1, 0.15) is 0 Å². The van der Waals surface area contributed by atoms with E-state index in [0.717, 1.165) is 10.9 Å². The van der Waals surface area contributed by atoms with Crippen LogP contribution in [0.5, 0.6) is 0 Å². The third kappa shape index (κ3) is 3.40. The van der Waals surface area contributed by atoms with Crippen LogP contribution in [-0.4, -0.2) is 23.8 Å². The van der Waals surface area contributed by atoms with Crippen LogP contribution in [0.2, 0.25) is 5.02 Å². The molecule has 2 nitrogen and oxygen atoms in total. The molecule has 0 aliphatic carbocycles. The van der Waals surface area contributed by atoms with Crippen LogP contribution in [0, 0.1) is 0 Å². The summed E-state index contributed by atoms with van der Waals surface area (Å²) < 4.78 is 37.7. The maximum atomic E-state index is 11.9. The molecule has 1 heterocycles. The summed E-state index contributed by atoms with van der Waals surface area (Å²) in [6.07, 6.45) is -2.32. The van der Waals surface area contributed by atoms with Crippen LogP contribution < -0.4 is 5.32 Å². The van der Waals surface area contributed by atoms with Gasteiger partial charge in [-0.3, -0.25) is 0 Å². The molecular weight excluding hydrogens is 265 g/mol. The summed E-state index contributed by atoms with van der Waals surface area (Å²) in [6, 6.07) is 7.35. The van der Waals surface area contributed by atoms with Gasteiger partial charge in [0.1, 0.15) is 0 Å². The Morgan fingerprint density at radius 1 is 1.22 bits per heavy atom. The molecule has 0 amide bonds. The number of fused-ring (bicyclic) bond motifs is 1. The summed E-state index contributed by atoms with van der Waals surface area (Å²) >= 11 is 5.86. The second-order valence-corrected chi connectivity index (χ2v) is 4.44. The van der Waals surface area contributed by atoms with Gasteiger partial charge in [-0.15, -0.1) is 0 Å². The molecule has 0 unspecified atom stereocenters. The van der Waals surface area contributed by atoms with Gasteiger partial charge in [0.15, 0.2) is 0 Å². The zero-order valence-corrected chi connectivity index (χ0v) is 10.2. The van der Waals surface area contributed by atoms with Crippen molar-refractivity contribution in [2.45, 2.75) is 12.7 Å². The van der Waals surface area contributed by atoms with Gasteiger partial charge in [0.25, 0.3) is 0 Å². The third-order valence-corrected chi connectivity index (χ3v) is 2.82. The van der Waals surface area contributed by atoms with Crippen LogP contribution in [-0.2, 0) is 6.54 Å². The zero-order chi connectivity index (χ0) is 13.2. The van der Waals surface area contributed by atoms with E-state index in [2.05, 4.69) is 5.32 Å². The van der Waals surface area contributed by atoms with Gasteiger partial charge in [-0.2, -0.15) is 13.2 Å². The fourth-order valence-electron chi connectivity index (χ4n) is 1.80. The van der Waals surface area contributed by atoms with Crippen LogP contribution in [0.25, 0.3) is 10.9 Å². The fraction of sp³-hybridized carbons (Fsp3) is 0.333. The maximum Gasteiger partial charge on any atom is 0.401 e. The Bertz CT molecular complexity index is 534. The molecule has 0 atom stereocenters. The lowest BCUT2D eigenvalue weighted by Crippen LogP contribution is -2.31. The first-order valence-electron chi connectivity index (χ1n) is 5.47. The minimum Gasteiger partial charge on any atom is -0.346 e. The largest absolute Gasteiger partial charge is 0.401 e. The van der Waals surface area contributed by atoms with Gasteiger partial charge in [-0.25, -0.2) is 0 Å². The molecule has 0 saturated carbocycles. The lowest BCUT2D eigenvalue weighted by Gasteiger charge is -2.09. The van der Waals surface area contributed by atoms with Gasteiger partial charge in [-0.05, 0) is 24.3 Å². The van der Waals surface area contributed by atoms with Crippen molar-refractivity contribution in [2.75, 3.05) is 13.1 Å². The van der Waals surface area contributed by atoms with E-state index in [-0.39, 0.29) is 6.54 Å². The van der Waals surface area contributed by atoms with Crippen molar-refractivity contribution in [1.29, 1.82) is 0 Å². The first kappa shape index (κ1) is 13.2. The number of halogens is 4. The van der Waals surface area contributed by atoms with E-state index in [1.54, 1.807) is 6.07 Å². The molecule has 0 aliphatic heterocycles. The van der Waals surface area contributed by atoms with E-state index < -0.39 is 12.7 Å². The Labute approximate surface area is 107 Å². The second kappa shape index (κ2) is 5.20. The number of nitrogens with one attached hydrogen (secondary N) is 1. The van der Waals surface area contributed by atoms with Gasteiger partial charge in [0, 0.05) is 35.2 Å². The predicted octanol–water partition coefficient (Wildman–Crippen LogP) is 3.45. The summed E-state index contributed by atoms with van der Waals surface area (Å²) in [6.45, 7) is -0.203. The number of aromatic nitrogens is 1. The van der Waals surface area contributed by atoms with Crippen molar-refractivity contribution in [1.82, 2.24) is 9.88 Å². The van der Waals surface area contributed by atoms with Crippen LogP contribution >= 0.6 is 11.6 Å². The minimum atomic E-state index is -4.16. The highest BCUT2D eigenvalue weighted by Crippen LogP contribution is 2.20. The number of benzene rings is 1. The first-order valence-corrected chi connectivity index (χ1v) is 5.85. The molecule has 1 aromatic heterocycles. The molecule has 2 aromatic rings. The molecule has 2 rings (SSSR count). The number of hydrogen-bond donors (Lipinski definition) is 1. The van der Waals surface area contributed by atoms with E-state index in [9.17, 15) is 13.2 Å². The van der Waals surface area contributed by atoms with E-state index in [0.29, 0.717) is 11.6 Å². The average molecular weight is 277 g/mol. The van der Waals surface area contributed by atoms with Crippen LogP contribution in [0.4, 0.5) is 13.2 Å². The molecule has 98 valence electrons. The third-order valence-electron chi connectivity index (χ3n) is 2.59. The van der Waals surface area contributed by atoms with Crippen molar-refractivity contribution in [3.8, 4) is 0 Å². The van der Waals surface area contributed by atoms with Crippen molar-refractivity contribution < 1.29 is 13.2 Å². The summed E-state index contributed by atoms with van der Waals surface area (Å²) in [4.78, 5) is 0. The Balaban J connectivity index is 1.96. The molecule has 1 N–H and O–H groups in total. The summed E-state index contributed by atoms with van der Waals surface area (Å²) in [5.74, 6) is 0. The molecule has 0 saturated heterocycles. The smallest absolute Gasteiger partial charge is 0.346 e. The topological polar surface area (TPSA) is 17.0 Å². The van der Waals surface area contributed by atoms with Crippen molar-refractivity contribution in [3.63, 3.8) is 0 Å². The Hall–Kier alpha value is -1.20. The molecule has 0 aliphatic rings.